The molecule has 6 heteroatoms. The number of amides is 2. The fourth-order valence-electron chi connectivity index (χ4n) is 3.02. The first kappa shape index (κ1) is 17.0. The molecule has 1 heterocycles. The Morgan fingerprint density at radius 1 is 1.24 bits per heavy atom. The highest BCUT2D eigenvalue weighted by Gasteiger charge is 2.30. The van der Waals surface area contributed by atoms with Gasteiger partial charge in [-0.05, 0) is 22.8 Å². The van der Waals surface area contributed by atoms with Crippen LogP contribution in [0.15, 0.2) is 42.5 Å². The van der Waals surface area contributed by atoms with Crippen molar-refractivity contribution in [3.8, 4) is 0 Å². The van der Waals surface area contributed by atoms with Crippen molar-refractivity contribution in [2.24, 2.45) is 0 Å². The van der Waals surface area contributed by atoms with Crippen LogP contribution >= 0.6 is 0 Å². The second kappa shape index (κ2) is 7.34. The highest BCUT2D eigenvalue weighted by molar-refractivity contribution is 5.93. The number of esters is 1. The van der Waals surface area contributed by atoms with E-state index in [4.69, 9.17) is 4.74 Å². The van der Waals surface area contributed by atoms with E-state index in [2.05, 4.69) is 10.6 Å². The van der Waals surface area contributed by atoms with Crippen LogP contribution in [0, 0.1) is 0 Å². The minimum Gasteiger partial charge on any atom is -0.467 e. The number of benzene rings is 2. The van der Waals surface area contributed by atoms with Crippen LogP contribution in [0.3, 0.4) is 0 Å². The highest BCUT2D eigenvalue weighted by atomic mass is 16.5. The van der Waals surface area contributed by atoms with E-state index in [0.29, 0.717) is 19.3 Å². The molecular formula is C19H20N2O4. The number of fused-ring (bicyclic) bond motifs is 1. The lowest BCUT2D eigenvalue weighted by molar-refractivity contribution is -0.145. The minimum absolute atomic E-state index is 0.149. The third kappa shape index (κ3) is 3.96. The summed E-state index contributed by atoms with van der Waals surface area (Å²) < 4.78 is 4.82. The van der Waals surface area contributed by atoms with Crippen molar-refractivity contribution in [3.63, 3.8) is 0 Å². The Labute approximate surface area is 145 Å². The van der Waals surface area contributed by atoms with Gasteiger partial charge < -0.3 is 15.4 Å². The molecule has 0 bridgehead atoms. The van der Waals surface area contributed by atoms with Gasteiger partial charge in [0.05, 0.1) is 7.11 Å². The number of hydrogen-bond acceptors (Lipinski definition) is 4. The molecule has 2 atom stereocenters. The van der Waals surface area contributed by atoms with Crippen LogP contribution in [0.1, 0.15) is 18.4 Å². The molecule has 1 aliphatic heterocycles. The number of carbonyl (C=O) groups excluding carboxylic acids is 3. The number of carbonyl (C=O) groups is 3. The third-order valence-corrected chi connectivity index (χ3v) is 4.37. The summed E-state index contributed by atoms with van der Waals surface area (Å²) in [7, 11) is 1.29. The molecule has 0 aromatic heterocycles. The van der Waals surface area contributed by atoms with Crippen molar-refractivity contribution < 1.29 is 19.1 Å². The molecule has 2 amide bonds. The molecule has 3 rings (SSSR count). The molecule has 0 spiro atoms. The first-order chi connectivity index (χ1) is 12.1. The van der Waals surface area contributed by atoms with Gasteiger partial charge in [-0.15, -0.1) is 0 Å². The fourth-order valence-corrected chi connectivity index (χ4v) is 3.02. The van der Waals surface area contributed by atoms with Crippen molar-refractivity contribution in [2.75, 3.05) is 7.11 Å². The maximum atomic E-state index is 12.3. The molecule has 2 aromatic carbocycles. The van der Waals surface area contributed by atoms with Gasteiger partial charge in [0, 0.05) is 12.8 Å². The number of nitrogens with one attached hydrogen (secondary N) is 2. The number of ether oxygens (including phenoxy) is 1. The lowest BCUT2D eigenvalue weighted by Gasteiger charge is -2.19. The molecule has 1 aliphatic rings. The second-order valence-electron chi connectivity index (χ2n) is 6.13. The Kier molecular flexibility index (Phi) is 4.97. The summed E-state index contributed by atoms with van der Waals surface area (Å²) in [6.45, 7) is 0. The zero-order valence-corrected chi connectivity index (χ0v) is 14.0. The molecule has 2 N–H and O–H groups in total. The molecular weight excluding hydrogens is 320 g/mol. The third-order valence-electron chi connectivity index (χ3n) is 4.37. The Balaban J connectivity index is 1.74. The van der Waals surface area contributed by atoms with Gasteiger partial charge in [-0.1, -0.05) is 42.5 Å². The summed E-state index contributed by atoms with van der Waals surface area (Å²) in [4.78, 5) is 35.6. The normalized spacial score (nSPS) is 17.8. The molecule has 0 unspecified atom stereocenters. The molecule has 130 valence electrons. The standard InChI is InChI=1S/C19H20N2O4/c1-25-19(24)16(21-18(23)15-8-9-17(22)20-15)11-12-6-7-13-4-2-3-5-14(13)10-12/h2-7,10,15-16H,8-9,11H2,1H3,(H,20,22)(H,21,23)/t15-,16+/m1/s1. The number of hydrogen-bond donors (Lipinski definition) is 2. The van der Waals surface area contributed by atoms with Crippen molar-refractivity contribution in [1.82, 2.24) is 10.6 Å². The second-order valence-corrected chi connectivity index (χ2v) is 6.13. The van der Waals surface area contributed by atoms with Gasteiger partial charge in [0.2, 0.25) is 11.8 Å². The summed E-state index contributed by atoms with van der Waals surface area (Å²) in [5.74, 6) is -1.02. The SMILES string of the molecule is COC(=O)[C@H](Cc1ccc2ccccc2c1)NC(=O)[C@H]1CCC(=O)N1. The van der Waals surface area contributed by atoms with Gasteiger partial charge in [0.25, 0.3) is 0 Å². The first-order valence-corrected chi connectivity index (χ1v) is 8.22. The smallest absolute Gasteiger partial charge is 0.328 e. The highest BCUT2D eigenvalue weighted by Crippen LogP contribution is 2.17. The van der Waals surface area contributed by atoms with Crippen molar-refractivity contribution in [2.45, 2.75) is 31.3 Å². The lowest BCUT2D eigenvalue weighted by Crippen LogP contribution is -2.49. The maximum absolute atomic E-state index is 12.3. The summed E-state index contributed by atoms with van der Waals surface area (Å²) in [6, 6.07) is 12.5. The van der Waals surface area contributed by atoms with Crippen LogP contribution in [-0.2, 0) is 25.5 Å². The van der Waals surface area contributed by atoms with Crippen LogP contribution in [-0.4, -0.2) is 37.0 Å². The molecule has 0 radical (unpaired) electrons. The summed E-state index contributed by atoms with van der Waals surface area (Å²) >= 11 is 0. The number of methoxy groups -OCH3 is 1. The Hall–Kier alpha value is -2.89. The summed E-state index contributed by atoms with van der Waals surface area (Å²) in [6.07, 6.45) is 1.09. The minimum atomic E-state index is -0.795. The average Bonchev–Trinajstić information content (AvgIpc) is 3.07. The van der Waals surface area contributed by atoms with Crippen LogP contribution in [0.2, 0.25) is 0 Å². The zero-order chi connectivity index (χ0) is 17.8. The molecule has 2 aromatic rings. The van der Waals surface area contributed by atoms with Crippen LogP contribution < -0.4 is 10.6 Å². The molecule has 0 aliphatic carbocycles. The molecule has 1 fully saturated rings. The van der Waals surface area contributed by atoms with E-state index in [1.165, 1.54) is 7.11 Å². The van der Waals surface area contributed by atoms with Gasteiger partial charge in [0.15, 0.2) is 0 Å². The van der Waals surface area contributed by atoms with Crippen LogP contribution in [0.5, 0.6) is 0 Å². The molecule has 6 nitrogen and oxygen atoms in total. The topological polar surface area (TPSA) is 84.5 Å². The Bertz CT molecular complexity index is 818. The van der Waals surface area contributed by atoms with Crippen molar-refractivity contribution >= 4 is 28.6 Å². The Morgan fingerprint density at radius 3 is 2.68 bits per heavy atom. The predicted octanol–water partition coefficient (Wildman–Crippen LogP) is 1.32. The molecule has 1 saturated heterocycles. The quantitative estimate of drug-likeness (QED) is 0.804. The number of rotatable bonds is 5. The van der Waals surface area contributed by atoms with Gasteiger partial charge in [-0.25, -0.2) is 4.79 Å². The molecule has 0 saturated carbocycles. The first-order valence-electron chi connectivity index (χ1n) is 8.22. The maximum Gasteiger partial charge on any atom is 0.328 e. The Morgan fingerprint density at radius 2 is 2.00 bits per heavy atom. The predicted molar refractivity (Wildman–Crippen MR) is 92.8 cm³/mol. The fraction of sp³-hybridized carbons (Fsp3) is 0.316. The monoisotopic (exact) mass is 340 g/mol. The van der Waals surface area contributed by atoms with E-state index >= 15 is 0 Å². The van der Waals surface area contributed by atoms with E-state index in [-0.39, 0.29) is 11.8 Å². The van der Waals surface area contributed by atoms with Gasteiger partial charge in [-0.3, -0.25) is 9.59 Å². The van der Waals surface area contributed by atoms with Crippen LogP contribution in [0.4, 0.5) is 0 Å². The van der Waals surface area contributed by atoms with Gasteiger partial charge >= 0.3 is 5.97 Å². The lowest BCUT2D eigenvalue weighted by atomic mass is 10.0. The average molecular weight is 340 g/mol. The van der Waals surface area contributed by atoms with Crippen LogP contribution in [0.25, 0.3) is 10.8 Å². The zero-order valence-electron chi connectivity index (χ0n) is 14.0. The van der Waals surface area contributed by atoms with E-state index in [9.17, 15) is 14.4 Å². The van der Waals surface area contributed by atoms with E-state index < -0.39 is 18.1 Å². The van der Waals surface area contributed by atoms with Gasteiger partial charge in [-0.2, -0.15) is 0 Å². The molecule has 25 heavy (non-hydrogen) atoms. The van der Waals surface area contributed by atoms with E-state index in [1.54, 1.807) is 0 Å². The van der Waals surface area contributed by atoms with E-state index in [1.807, 2.05) is 42.5 Å². The summed E-state index contributed by atoms with van der Waals surface area (Å²) in [5.41, 5.74) is 0.921. The van der Waals surface area contributed by atoms with Crippen molar-refractivity contribution in [1.29, 1.82) is 0 Å². The largest absolute Gasteiger partial charge is 0.467 e. The van der Waals surface area contributed by atoms with Crippen molar-refractivity contribution in [3.05, 3.63) is 48.0 Å². The summed E-state index contributed by atoms with van der Waals surface area (Å²) in [5, 5.41) is 7.48. The van der Waals surface area contributed by atoms with E-state index in [0.717, 1.165) is 16.3 Å². The van der Waals surface area contributed by atoms with Gasteiger partial charge in [0.1, 0.15) is 12.1 Å².